The molecule has 6 heteroatoms. The van der Waals surface area contributed by atoms with Gasteiger partial charge >= 0.3 is 11.9 Å². The van der Waals surface area contributed by atoms with E-state index in [9.17, 15) is 9.59 Å². The first kappa shape index (κ1) is 39.1. The van der Waals surface area contributed by atoms with E-state index in [-0.39, 0.29) is 31.3 Å². The van der Waals surface area contributed by atoms with Gasteiger partial charge in [-0.15, -0.1) is 0 Å². The molecule has 0 aromatic carbocycles. The van der Waals surface area contributed by atoms with Crippen LogP contribution >= 0.6 is 0 Å². The summed E-state index contributed by atoms with van der Waals surface area (Å²) in [5, 5.41) is 0. The predicted molar refractivity (Wildman–Crippen MR) is 172 cm³/mol. The lowest BCUT2D eigenvalue weighted by Crippen LogP contribution is -2.38. The number of hydrogen-bond acceptors (Lipinski definition) is 5. The molecule has 0 unspecified atom stereocenters. The third-order valence-corrected chi connectivity index (χ3v) is 8.39. The summed E-state index contributed by atoms with van der Waals surface area (Å²) in [5.41, 5.74) is 0. The number of carbonyl (C=O) groups is 2. The van der Waals surface area contributed by atoms with Crippen molar-refractivity contribution in [1.29, 1.82) is 0 Å². The summed E-state index contributed by atoms with van der Waals surface area (Å²) in [6.07, 6.45) is 28.2. The molecular formula is C34H68O5Si. The summed E-state index contributed by atoms with van der Waals surface area (Å²) in [4.78, 5) is 24.5. The highest BCUT2D eigenvalue weighted by Crippen LogP contribution is 2.15. The second-order valence-electron chi connectivity index (χ2n) is 12.8. The van der Waals surface area contributed by atoms with Crippen molar-refractivity contribution in [2.45, 2.75) is 194 Å². The lowest BCUT2D eigenvalue weighted by Gasteiger charge is -2.26. The van der Waals surface area contributed by atoms with Crippen LogP contribution in [0.5, 0.6) is 0 Å². The van der Waals surface area contributed by atoms with Gasteiger partial charge in [0.25, 0.3) is 0 Å². The van der Waals surface area contributed by atoms with Gasteiger partial charge < -0.3 is 13.9 Å². The highest BCUT2D eigenvalue weighted by Gasteiger charge is 2.23. The Bertz CT molecular complexity index is 533. The van der Waals surface area contributed by atoms with Crippen LogP contribution in [0, 0.1) is 0 Å². The van der Waals surface area contributed by atoms with Crippen LogP contribution in [-0.4, -0.2) is 39.6 Å². The van der Waals surface area contributed by atoms with Crippen molar-refractivity contribution in [2.24, 2.45) is 0 Å². The van der Waals surface area contributed by atoms with Gasteiger partial charge in [0.05, 0.1) is 0 Å². The van der Waals surface area contributed by atoms with Gasteiger partial charge in [0.1, 0.15) is 19.3 Å². The maximum Gasteiger partial charge on any atom is 0.305 e. The number of ether oxygens (including phenoxy) is 2. The quantitative estimate of drug-likeness (QED) is 0.0477. The van der Waals surface area contributed by atoms with Gasteiger partial charge in [0, 0.05) is 12.8 Å². The molecule has 0 aromatic rings. The topological polar surface area (TPSA) is 61.8 Å². The first-order valence-corrected chi connectivity index (χ1v) is 20.7. The van der Waals surface area contributed by atoms with Gasteiger partial charge in [0.15, 0.2) is 8.32 Å². The Morgan fingerprint density at radius 2 is 0.750 bits per heavy atom. The minimum absolute atomic E-state index is 0.160. The second kappa shape index (κ2) is 28.2. The Labute approximate surface area is 250 Å². The van der Waals surface area contributed by atoms with Crippen molar-refractivity contribution in [3.05, 3.63) is 0 Å². The van der Waals surface area contributed by atoms with Crippen LogP contribution in [0.1, 0.15) is 168 Å². The number of hydrogen-bond donors (Lipinski definition) is 0. The maximum atomic E-state index is 12.3. The van der Waals surface area contributed by atoms with Crippen LogP contribution in [0.3, 0.4) is 0 Å². The van der Waals surface area contributed by atoms with E-state index in [1.807, 2.05) is 0 Å². The molecule has 0 fully saturated rings. The fourth-order valence-corrected chi connectivity index (χ4v) is 6.14. The Morgan fingerprint density at radius 3 is 1.02 bits per heavy atom. The van der Waals surface area contributed by atoms with E-state index in [1.54, 1.807) is 0 Å². The van der Waals surface area contributed by atoms with E-state index in [0.717, 1.165) is 25.7 Å². The van der Waals surface area contributed by atoms with Crippen LogP contribution in [0.15, 0.2) is 0 Å². The zero-order chi connectivity index (χ0) is 29.7. The number of esters is 2. The fraction of sp³-hybridized carbons (Fsp3) is 0.941. The first-order valence-electron chi connectivity index (χ1n) is 17.3. The number of rotatable bonds is 30. The monoisotopic (exact) mass is 584 g/mol. The third-order valence-electron chi connectivity index (χ3n) is 7.35. The lowest BCUT2D eigenvalue weighted by molar-refractivity contribution is -0.151. The Kier molecular flexibility index (Phi) is 27.6. The summed E-state index contributed by atoms with van der Waals surface area (Å²) in [7, 11) is -1.86. The minimum Gasteiger partial charge on any atom is -0.463 e. The minimum atomic E-state index is -1.86. The molecule has 0 aliphatic carbocycles. The van der Waals surface area contributed by atoms with Gasteiger partial charge in [-0.25, -0.2) is 0 Å². The zero-order valence-corrected chi connectivity index (χ0v) is 28.5. The SMILES string of the molecule is CCCCCCCCCCCCCC(=O)OCC(COC(=O)CCCCCCCCCCCCC)O[Si](C)(C)C. The number of carbonyl (C=O) groups excluding carboxylic acids is 2. The van der Waals surface area contributed by atoms with Gasteiger partial charge in [-0.1, -0.05) is 142 Å². The standard InChI is InChI=1S/C34H68O5Si/c1-6-8-10-12-14-16-18-20-22-24-26-28-33(35)37-30-32(39-40(3,4)5)31-38-34(36)29-27-25-23-21-19-17-15-13-11-9-7-2/h32H,6-31H2,1-5H3. The zero-order valence-electron chi connectivity index (χ0n) is 27.5. The van der Waals surface area contributed by atoms with E-state index in [0.29, 0.717) is 12.8 Å². The van der Waals surface area contributed by atoms with E-state index in [2.05, 4.69) is 33.5 Å². The van der Waals surface area contributed by atoms with Crippen LogP contribution in [0.4, 0.5) is 0 Å². The average Bonchev–Trinajstić information content (AvgIpc) is 2.91. The van der Waals surface area contributed by atoms with Gasteiger partial charge in [-0.2, -0.15) is 0 Å². The Hall–Kier alpha value is -0.883. The third kappa shape index (κ3) is 30.1. The van der Waals surface area contributed by atoms with E-state index < -0.39 is 8.32 Å². The van der Waals surface area contributed by atoms with E-state index in [4.69, 9.17) is 13.9 Å². The van der Waals surface area contributed by atoms with Crippen LogP contribution in [0.25, 0.3) is 0 Å². The largest absolute Gasteiger partial charge is 0.463 e. The fourth-order valence-electron chi connectivity index (χ4n) is 5.00. The summed E-state index contributed by atoms with van der Waals surface area (Å²) in [6.45, 7) is 11.1. The van der Waals surface area contributed by atoms with Crippen LogP contribution in [0.2, 0.25) is 19.6 Å². The first-order chi connectivity index (χ1) is 19.3. The molecule has 0 bridgehead atoms. The second-order valence-corrected chi connectivity index (χ2v) is 17.2. The molecule has 0 aliphatic heterocycles. The van der Waals surface area contributed by atoms with E-state index >= 15 is 0 Å². The number of unbranched alkanes of at least 4 members (excludes halogenated alkanes) is 20. The smallest absolute Gasteiger partial charge is 0.305 e. The summed E-state index contributed by atoms with van der Waals surface area (Å²) >= 11 is 0. The molecule has 0 saturated carbocycles. The summed E-state index contributed by atoms with van der Waals surface area (Å²) in [5.74, 6) is -0.347. The highest BCUT2D eigenvalue weighted by atomic mass is 28.4. The van der Waals surface area contributed by atoms with Crippen molar-refractivity contribution in [2.75, 3.05) is 13.2 Å². The van der Waals surface area contributed by atoms with E-state index in [1.165, 1.54) is 116 Å². The molecule has 0 heterocycles. The molecule has 238 valence electrons. The van der Waals surface area contributed by atoms with Crippen LogP contribution < -0.4 is 0 Å². The van der Waals surface area contributed by atoms with Crippen LogP contribution in [-0.2, 0) is 23.5 Å². The molecule has 40 heavy (non-hydrogen) atoms. The highest BCUT2D eigenvalue weighted by molar-refractivity contribution is 6.69. The molecule has 0 aromatic heterocycles. The molecule has 0 radical (unpaired) electrons. The van der Waals surface area contributed by atoms with Crippen molar-refractivity contribution in [3.63, 3.8) is 0 Å². The molecule has 0 rings (SSSR count). The summed E-state index contributed by atoms with van der Waals surface area (Å²) in [6, 6.07) is 0. The van der Waals surface area contributed by atoms with Crippen molar-refractivity contribution >= 4 is 20.3 Å². The molecule has 5 nitrogen and oxygen atoms in total. The average molecular weight is 585 g/mol. The van der Waals surface area contributed by atoms with Gasteiger partial charge in [-0.3, -0.25) is 9.59 Å². The molecule has 0 atom stereocenters. The molecule has 0 spiro atoms. The predicted octanol–water partition coefficient (Wildman–Crippen LogP) is 10.7. The van der Waals surface area contributed by atoms with Crippen molar-refractivity contribution in [1.82, 2.24) is 0 Å². The molecule has 0 aliphatic rings. The summed E-state index contributed by atoms with van der Waals surface area (Å²) < 4.78 is 17.2. The molecule has 0 amide bonds. The van der Waals surface area contributed by atoms with Gasteiger partial charge in [0.2, 0.25) is 0 Å². The lowest BCUT2D eigenvalue weighted by atomic mass is 10.1. The Balaban J connectivity index is 3.90. The normalized spacial score (nSPS) is 11.8. The Morgan fingerprint density at radius 1 is 0.475 bits per heavy atom. The molecule has 0 saturated heterocycles. The maximum absolute atomic E-state index is 12.3. The van der Waals surface area contributed by atoms with Gasteiger partial charge in [-0.05, 0) is 32.5 Å². The van der Waals surface area contributed by atoms with Crippen molar-refractivity contribution in [3.8, 4) is 0 Å². The molecular weight excluding hydrogens is 516 g/mol. The molecule has 0 N–H and O–H groups in total. The van der Waals surface area contributed by atoms with Crippen molar-refractivity contribution < 1.29 is 23.5 Å².